The van der Waals surface area contributed by atoms with Crippen molar-refractivity contribution in [2.45, 2.75) is 25.8 Å². The first-order valence-corrected chi connectivity index (χ1v) is 5.39. The molecule has 0 aromatic carbocycles. The van der Waals surface area contributed by atoms with Crippen LogP contribution in [-0.4, -0.2) is 28.7 Å². The van der Waals surface area contributed by atoms with Gasteiger partial charge in [0.25, 0.3) is 0 Å². The molecule has 14 heavy (non-hydrogen) atoms. The Kier molecular flexibility index (Phi) is 2.62. The van der Waals surface area contributed by atoms with E-state index in [0.29, 0.717) is 19.0 Å². The van der Waals surface area contributed by atoms with Crippen LogP contribution in [0.4, 0.5) is 5.13 Å². The van der Waals surface area contributed by atoms with Crippen molar-refractivity contribution >= 4 is 22.4 Å². The number of nitrogens with one attached hydrogen (secondary N) is 2. The van der Waals surface area contributed by atoms with Crippen molar-refractivity contribution in [1.82, 2.24) is 15.5 Å². The van der Waals surface area contributed by atoms with Crippen LogP contribution in [0.5, 0.6) is 0 Å². The largest absolute Gasteiger partial charge is 0.356 e. The van der Waals surface area contributed by atoms with Gasteiger partial charge in [-0.05, 0) is 13.3 Å². The molecule has 1 saturated heterocycles. The van der Waals surface area contributed by atoms with Crippen molar-refractivity contribution in [3.05, 3.63) is 5.01 Å². The zero-order valence-electron chi connectivity index (χ0n) is 7.91. The second-order valence-electron chi connectivity index (χ2n) is 3.31. The molecule has 1 aliphatic rings. The van der Waals surface area contributed by atoms with Gasteiger partial charge in [0.05, 0.1) is 0 Å². The molecule has 0 spiro atoms. The van der Waals surface area contributed by atoms with Gasteiger partial charge >= 0.3 is 0 Å². The molecule has 1 atom stereocenters. The molecule has 2 N–H and O–H groups in total. The normalized spacial score (nSPS) is 21.8. The van der Waals surface area contributed by atoms with Crippen LogP contribution in [0.3, 0.4) is 0 Å². The van der Waals surface area contributed by atoms with Crippen LogP contribution in [0.1, 0.15) is 17.8 Å². The van der Waals surface area contributed by atoms with E-state index in [2.05, 4.69) is 20.8 Å². The van der Waals surface area contributed by atoms with Crippen molar-refractivity contribution in [3.8, 4) is 0 Å². The fourth-order valence-electron chi connectivity index (χ4n) is 1.39. The van der Waals surface area contributed by atoms with E-state index in [0.717, 1.165) is 16.6 Å². The van der Waals surface area contributed by atoms with E-state index in [1.165, 1.54) is 11.3 Å². The Hall–Kier alpha value is -1.17. The SMILES string of the molecule is Cc1nnc(NC2CCC(=O)NC2)s1. The minimum Gasteiger partial charge on any atom is -0.356 e. The van der Waals surface area contributed by atoms with Crippen molar-refractivity contribution in [1.29, 1.82) is 0 Å². The first kappa shape index (κ1) is 9.39. The zero-order valence-corrected chi connectivity index (χ0v) is 8.73. The molecule has 2 rings (SSSR count). The Bertz CT molecular complexity index is 328. The second kappa shape index (κ2) is 3.91. The first-order chi connectivity index (χ1) is 6.74. The maximum absolute atomic E-state index is 10.9. The van der Waals surface area contributed by atoms with Crippen LogP contribution in [-0.2, 0) is 4.79 Å². The van der Waals surface area contributed by atoms with Crippen molar-refractivity contribution < 1.29 is 4.79 Å². The van der Waals surface area contributed by atoms with Gasteiger partial charge in [-0.2, -0.15) is 0 Å². The molecule has 76 valence electrons. The summed E-state index contributed by atoms with van der Waals surface area (Å²) < 4.78 is 0. The molecule has 6 heteroatoms. The summed E-state index contributed by atoms with van der Waals surface area (Å²) in [5.41, 5.74) is 0. The number of piperidine rings is 1. The summed E-state index contributed by atoms with van der Waals surface area (Å²) in [6.07, 6.45) is 1.46. The van der Waals surface area contributed by atoms with Crippen molar-refractivity contribution in [3.63, 3.8) is 0 Å². The molecule has 2 heterocycles. The molecule has 1 aromatic rings. The number of anilines is 1. The summed E-state index contributed by atoms with van der Waals surface area (Å²) in [4.78, 5) is 10.9. The highest BCUT2D eigenvalue weighted by atomic mass is 32.1. The summed E-state index contributed by atoms with van der Waals surface area (Å²) in [6.45, 7) is 2.60. The highest BCUT2D eigenvalue weighted by molar-refractivity contribution is 7.15. The average molecular weight is 212 g/mol. The lowest BCUT2D eigenvalue weighted by Gasteiger charge is -2.22. The Morgan fingerprint density at radius 2 is 2.43 bits per heavy atom. The Labute approximate surface area is 85.9 Å². The molecular weight excluding hydrogens is 200 g/mol. The molecule has 1 unspecified atom stereocenters. The number of amides is 1. The van der Waals surface area contributed by atoms with Gasteiger partial charge in [-0.3, -0.25) is 4.79 Å². The molecule has 1 aromatic heterocycles. The maximum atomic E-state index is 10.9. The van der Waals surface area contributed by atoms with Gasteiger partial charge in [-0.15, -0.1) is 10.2 Å². The number of aromatic nitrogens is 2. The van der Waals surface area contributed by atoms with Crippen molar-refractivity contribution in [2.75, 3.05) is 11.9 Å². The molecular formula is C8H12N4OS. The van der Waals surface area contributed by atoms with E-state index in [-0.39, 0.29) is 5.91 Å². The molecule has 0 aliphatic carbocycles. The molecule has 1 amide bonds. The minimum atomic E-state index is 0.136. The van der Waals surface area contributed by atoms with Gasteiger partial charge in [0, 0.05) is 19.0 Å². The predicted octanol–water partition coefficient (Wildman–Crippen LogP) is 0.537. The van der Waals surface area contributed by atoms with Crippen LogP contribution in [0.2, 0.25) is 0 Å². The minimum absolute atomic E-state index is 0.136. The van der Waals surface area contributed by atoms with Gasteiger partial charge in [0.2, 0.25) is 11.0 Å². The lowest BCUT2D eigenvalue weighted by atomic mass is 10.1. The maximum Gasteiger partial charge on any atom is 0.220 e. The molecule has 0 radical (unpaired) electrons. The molecule has 1 fully saturated rings. The number of hydrogen-bond acceptors (Lipinski definition) is 5. The van der Waals surface area contributed by atoms with Crippen LogP contribution in [0.25, 0.3) is 0 Å². The second-order valence-corrected chi connectivity index (χ2v) is 4.49. The van der Waals surface area contributed by atoms with Crippen LogP contribution in [0, 0.1) is 6.92 Å². The van der Waals surface area contributed by atoms with Crippen molar-refractivity contribution in [2.24, 2.45) is 0 Å². The highest BCUT2D eigenvalue weighted by Crippen LogP contribution is 2.16. The summed E-state index contributed by atoms with van der Waals surface area (Å²) >= 11 is 1.54. The monoisotopic (exact) mass is 212 g/mol. The number of rotatable bonds is 2. The quantitative estimate of drug-likeness (QED) is 0.750. The predicted molar refractivity (Wildman–Crippen MR) is 54.3 cm³/mol. The first-order valence-electron chi connectivity index (χ1n) is 4.57. The fourth-order valence-corrected chi connectivity index (χ4v) is 2.05. The van der Waals surface area contributed by atoms with Gasteiger partial charge in [0.15, 0.2) is 0 Å². The summed E-state index contributed by atoms with van der Waals surface area (Å²) in [5.74, 6) is 0.136. The lowest BCUT2D eigenvalue weighted by Crippen LogP contribution is -2.41. The van der Waals surface area contributed by atoms with E-state index in [9.17, 15) is 4.79 Å². The van der Waals surface area contributed by atoms with Gasteiger partial charge in [-0.25, -0.2) is 0 Å². The van der Waals surface area contributed by atoms with Crippen LogP contribution < -0.4 is 10.6 Å². The van der Waals surface area contributed by atoms with E-state index in [1.54, 1.807) is 0 Å². The van der Waals surface area contributed by atoms with Crippen LogP contribution >= 0.6 is 11.3 Å². The number of carbonyl (C=O) groups is 1. The van der Waals surface area contributed by atoms with Gasteiger partial charge in [0.1, 0.15) is 5.01 Å². The smallest absolute Gasteiger partial charge is 0.220 e. The Morgan fingerprint density at radius 3 is 3.00 bits per heavy atom. The van der Waals surface area contributed by atoms with E-state index >= 15 is 0 Å². The van der Waals surface area contributed by atoms with E-state index in [4.69, 9.17) is 0 Å². The molecule has 0 saturated carbocycles. The standard InChI is InChI=1S/C8H12N4OS/c1-5-11-12-8(14-5)10-6-2-3-7(13)9-4-6/h6H,2-4H2,1H3,(H,9,13)(H,10,12). The third-order valence-corrected chi connectivity index (χ3v) is 2.89. The summed E-state index contributed by atoms with van der Waals surface area (Å²) in [7, 11) is 0. The van der Waals surface area contributed by atoms with Gasteiger partial charge < -0.3 is 10.6 Å². The molecule has 0 bridgehead atoms. The molecule has 5 nitrogen and oxygen atoms in total. The topological polar surface area (TPSA) is 66.9 Å². The summed E-state index contributed by atoms with van der Waals surface area (Å²) in [5, 5.41) is 15.7. The third-order valence-electron chi connectivity index (χ3n) is 2.12. The van der Waals surface area contributed by atoms with E-state index < -0.39 is 0 Å². The number of aryl methyl sites for hydroxylation is 1. The highest BCUT2D eigenvalue weighted by Gasteiger charge is 2.18. The number of hydrogen-bond donors (Lipinski definition) is 2. The Morgan fingerprint density at radius 1 is 1.57 bits per heavy atom. The Balaban J connectivity index is 1.89. The van der Waals surface area contributed by atoms with E-state index in [1.807, 2.05) is 6.92 Å². The number of nitrogens with zero attached hydrogens (tertiary/aromatic N) is 2. The van der Waals surface area contributed by atoms with Crippen LogP contribution in [0.15, 0.2) is 0 Å². The molecule has 1 aliphatic heterocycles. The lowest BCUT2D eigenvalue weighted by molar-refractivity contribution is -0.122. The van der Waals surface area contributed by atoms with Gasteiger partial charge in [-0.1, -0.05) is 11.3 Å². The average Bonchev–Trinajstić information content (AvgIpc) is 2.56. The fraction of sp³-hybridized carbons (Fsp3) is 0.625. The summed E-state index contributed by atoms with van der Waals surface area (Å²) in [6, 6.07) is 0.292. The third kappa shape index (κ3) is 2.20. The zero-order chi connectivity index (χ0) is 9.97. The number of carbonyl (C=O) groups excluding carboxylic acids is 1.